The summed E-state index contributed by atoms with van der Waals surface area (Å²) in [4.78, 5) is 0. The Morgan fingerprint density at radius 3 is 1.42 bits per heavy atom. The SMILES string of the molecule is c1cc2cc(c1)-c1cccc(c1)-c1cccc(c1)OCCCCO2. The summed E-state index contributed by atoms with van der Waals surface area (Å²) in [6, 6.07) is 25.2. The molecule has 24 heavy (non-hydrogen) atoms. The first-order chi connectivity index (χ1) is 11.9. The smallest absolute Gasteiger partial charge is 0.119 e. The fraction of sp³-hybridized carbons (Fsp3) is 0.182. The first kappa shape index (κ1) is 14.8. The molecule has 1 aliphatic rings. The van der Waals surface area contributed by atoms with Crippen molar-refractivity contribution in [2.75, 3.05) is 13.2 Å². The van der Waals surface area contributed by atoms with Crippen LogP contribution in [0.1, 0.15) is 12.8 Å². The molecule has 120 valence electrons. The van der Waals surface area contributed by atoms with Gasteiger partial charge in [0, 0.05) is 0 Å². The largest absolute Gasteiger partial charge is 0.494 e. The minimum Gasteiger partial charge on any atom is -0.494 e. The Hall–Kier alpha value is -2.74. The van der Waals surface area contributed by atoms with E-state index in [9.17, 15) is 0 Å². The molecule has 0 aromatic heterocycles. The van der Waals surface area contributed by atoms with Crippen molar-refractivity contribution in [3.63, 3.8) is 0 Å². The van der Waals surface area contributed by atoms with Gasteiger partial charge in [-0.2, -0.15) is 0 Å². The van der Waals surface area contributed by atoms with Crippen LogP contribution in [0.4, 0.5) is 0 Å². The van der Waals surface area contributed by atoms with E-state index in [1.165, 1.54) is 22.3 Å². The van der Waals surface area contributed by atoms with Crippen molar-refractivity contribution in [2.45, 2.75) is 12.8 Å². The van der Waals surface area contributed by atoms with Gasteiger partial charge in [0.05, 0.1) is 13.2 Å². The highest BCUT2D eigenvalue weighted by molar-refractivity contribution is 5.74. The van der Waals surface area contributed by atoms with E-state index >= 15 is 0 Å². The summed E-state index contributed by atoms with van der Waals surface area (Å²) in [5, 5.41) is 0. The molecular weight excluding hydrogens is 296 g/mol. The summed E-state index contributed by atoms with van der Waals surface area (Å²) >= 11 is 0. The van der Waals surface area contributed by atoms with Gasteiger partial charge in [0.25, 0.3) is 0 Å². The number of benzene rings is 3. The molecule has 3 aromatic carbocycles. The molecule has 0 aliphatic carbocycles. The molecule has 3 aromatic rings. The molecule has 1 aliphatic heterocycles. The van der Waals surface area contributed by atoms with Gasteiger partial charge in [0.15, 0.2) is 0 Å². The van der Waals surface area contributed by atoms with E-state index in [4.69, 9.17) is 9.47 Å². The molecule has 6 bridgehead atoms. The molecule has 0 unspecified atom stereocenters. The summed E-state index contributed by atoms with van der Waals surface area (Å²) in [6.07, 6.45) is 1.97. The van der Waals surface area contributed by atoms with Crippen molar-refractivity contribution < 1.29 is 9.47 Å². The monoisotopic (exact) mass is 316 g/mol. The van der Waals surface area contributed by atoms with E-state index in [0.29, 0.717) is 13.2 Å². The van der Waals surface area contributed by atoms with Gasteiger partial charge in [-0.25, -0.2) is 0 Å². The number of ether oxygens (including phenoxy) is 2. The third kappa shape index (κ3) is 3.28. The Balaban J connectivity index is 1.79. The van der Waals surface area contributed by atoms with Crippen LogP contribution in [-0.4, -0.2) is 13.2 Å². The van der Waals surface area contributed by atoms with Crippen LogP contribution in [0.5, 0.6) is 11.5 Å². The van der Waals surface area contributed by atoms with E-state index in [-0.39, 0.29) is 0 Å². The molecule has 0 fully saturated rings. The Morgan fingerprint density at radius 1 is 0.500 bits per heavy atom. The topological polar surface area (TPSA) is 18.5 Å². The highest BCUT2D eigenvalue weighted by Crippen LogP contribution is 2.30. The molecule has 0 saturated carbocycles. The van der Waals surface area contributed by atoms with Crippen molar-refractivity contribution in [1.82, 2.24) is 0 Å². The molecule has 0 spiro atoms. The van der Waals surface area contributed by atoms with Crippen molar-refractivity contribution in [2.24, 2.45) is 0 Å². The molecule has 0 atom stereocenters. The van der Waals surface area contributed by atoms with Crippen LogP contribution < -0.4 is 9.47 Å². The first-order valence-electron chi connectivity index (χ1n) is 8.45. The van der Waals surface area contributed by atoms with E-state index in [2.05, 4.69) is 60.7 Å². The molecule has 0 N–H and O–H groups in total. The molecule has 2 heteroatoms. The zero-order chi connectivity index (χ0) is 16.2. The van der Waals surface area contributed by atoms with E-state index in [1.807, 2.05) is 12.1 Å². The van der Waals surface area contributed by atoms with Gasteiger partial charge in [-0.1, -0.05) is 42.5 Å². The van der Waals surface area contributed by atoms with E-state index < -0.39 is 0 Å². The maximum Gasteiger partial charge on any atom is 0.119 e. The summed E-state index contributed by atoms with van der Waals surface area (Å²) in [5.41, 5.74) is 4.74. The summed E-state index contributed by atoms with van der Waals surface area (Å²) in [6.45, 7) is 1.43. The molecule has 1 heterocycles. The maximum absolute atomic E-state index is 5.89. The van der Waals surface area contributed by atoms with E-state index in [0.717, 1.165) is 24.3 Å². The Bertz CT molecular complexity index is 772. The van der Waals surface area contributed by atoms with Crippen LogP contribution in [0, 0.1) is 0 Å². The third-order valence-corrected chi connectivity index (χ3v) is 4.27. The van der Waals surface area contributed by atoms with Crippen LogP contribution in [0.15, 0.2) is 72.8 Å². The lowest BCUT2D eigenvalue weighted by atomic mass is 9.99. The second-order valence-electron chi connectivity index (χ2n) is 6.04. The lowest BCUT2D eigenvalue weighted by Gasteiger charge is -2.09. The Labute approximate surface area is 142 Å². The lowest BCUT2D eigenvalue weighted by molar-refractivity contribution is 0.266. The quantitative estimate of drug-likeness (QED) is 0.539. The highest BCUT2D eigenvalue weighted by atomic mass is 16.5. The number of hydrogen-bond donors (Lipinski definition) is 0. The predicted molar refractivity (Wildman–Crippen MR) is 97.5 cm³/mol. The summed E-state index contributed by atoms with van der Waals surface area (Å²) < 4.78 is 11.8. The van der Waals surface area contributed by atoms with Crippen LogP contribution in [-0.2, 0) is 0 Å². The van der Waals surface area contributed by atoms with Crippen molar-refractivity contribution in [3.8, 4) is 33.8 Å². The lowest BCUT2D eigenvalue weighted by Crippen LogP contribution is -2.02. The Kier molecular flexibility index (Phi) is 4.20. The maximum atomic E-state index is 5.89. The molecule has 0 amide bonds. The summed E-state index contributed by atoms with van der Waals surface area (Å²) in [5.74, 6) is 1.85. The summed E-state index contributed by atoms with van der Waals surface area (Å²) in [7, 11) is 0. The number of hydrogen-bond acceptors (Lipinski definition) is 2. The minimum atomic E-state index is 0.715. The van der Waals surface area contributed by atoms with E-state index in [1.54, 1.807) is 0 Å². The minimum absolute atomic E-state index is 0.715. The molecular formula is C22H20O2. The van der Waals surface area contributed by atoms with Gasteiger partial charge in [-0.15, -0.1) is 0 Å². The van der Waals surface area contributed by atoms with Gasteiger partial charge in [0.1, 0.15) is 11.5 Å². The molecule has 2 nitrogen and oxygen atoms in total. The average Bonchev–Trinajstić information content (AvgIpc) is 2.65. The van der Waals surface area contributed by atoms with Gasteiger partial charge in [-0.05, 0) is 65.4 Å². The van der Waals surface area contributed by atoms with Gasteiger partial charge in [-0.3, -0.25) is 0 Å². The normalized spacial score (nSPS) is 13.8. The fourth-order valence-electron chi connectivity index (χ4n) is 2.99. The van der Waals surface area contributed by atoms with Crippen LogP contribution in [0.2, 0.25) is 0 Å². The second-order valence-corrected chi connectivity index (χ2v) is 6.04. The standard InChI is InChI=1S/C22H20O2/c1-2-13-24-22-11-5-9-20(16-22)18-7-3-6-17(14-18)19-8-4-10-21(15-19)23-12-1/h3-11,14-16H,1-2,12-13H2. The third-order valence-electron chi connectivity index (χ3n) is 4.27. The van der Waals surface area contributed by atoms with Gasteiger partial charge in [0.2, 0.25) is 0 Å². The van der Waals surface area contributed by atoms with Gasteiger partial charge < -0.3 is 9.47 Å². The van der Waals surface area contributed by atoms with Crippen molar-refractivity contribution in [1.29, 1.82) is 0 Å². The van der Waals surface area contributed by atoms with Crippen molar-refractivity contribution in [3.05, 3.63) is 72.8 Å². The molecule has 0 radical (unpaired) electrons. The second kappa shape index (κ2) is 6.79. The predicted octanol–water partition coefficient (Wildman–Crippen LogP) is 5.57. The number of fused-ring (bicyclic) bond motifs is 8. The zero-order valence-corrected chi connectivity index (χ0v) is 13.6. The highest BCUT2D eigenvalue weighted by Gasteiger charge is 2.05. The number of rotatable bonds is 0. The van der Waals surface area contributed by atoms with Crippen LogP contribution >= 0.6 is 0 Å². The Morgan fingerprint density at radius 2 is 0.917 bits per heavy atom. The average molecular weight is 316 g/mol. The van der Waals surface area contributed by atoms with Gasteiger partial charge >= 0.3 is 0 Å². The molecule has 0 saturated heterocycles. The zero-order valence-electron chi connectivity index (χ0n) is 13.6. The fourth-order valence-corrected chi connectivity index (χ4v) is 2.99. The van der Waals surface area contributed by atoms with Crippen LogP contribution in [0.25, 0.3) is 22.3 Å². The first-order valence-corrected chi connectivity index (χ1v) is 8.45. The van der Waals surface area contributed by atoms with Crippen molar-refractivity contribution >= 4 is 0 Å². The molecule has 4 rings (SSSR count). The van der Waals surface area contributed by atoms with Crippen LogP contribution in [0.3, 0.4) is 0 Å².